The van der Waals surface area contributed by atoms with Crippen LogP contribution in [-0.4, -0.2) is 23.6 Å². The summed E-state index contributed by atoms with van der Waals surface area (Å²) in [6.07, 6.45) is 2.27. The van der Waals surface area contributed by atoms with Crippen molar-refractivity contribution in [2.24, 2.45) is 0 Å². The van der Waals surface area contributed by atoms with Crippen molar-refractivity contribution in [1.29, 1.82) is 0 Å². The fourth-order valence-electron chi connectivity index (χ4n) is 2.41. The van der Waals surface area contributed by atoms with Crippen LogP contribution >= 0.6 is 11.6 Å². The Morgan fingerprint density at radius 3 is 2.59 bits per heavy atom. The number of hydrogen-bond acceptors (Lipinski definition) is 4. The van der Waals surface area contributed by atoms with E-state index in [1.54, 1.807) is 13.2 Å². The van der Waals surface area contributed by atoms with E-state index in [4.69, 9.17) is 16.3 Å². The minimum absolute atomic E-state index is 0.431. The molecule has 0 aliphatic carbocycles. The first-order valence-electron chi connectivity index (χ1n) is 7.03. The predicted octanol–water partition coefficient (Wildman–Crippen LogP) is 3.95. The molecule has 0 fully saturated rings. The third-order valence-corrected chi connectivity index (χ3v) is 3.69. The lowest BCUT2D eigenvalue weighted by molar-refractivity contribution is 0.410. The third-order valence-electron chi connectivity index (χ3n) is 3.48. The summed E-state index contributed by atoms with van der Waals surface area (Å²) >= 11 is 5.84. The van der Waals surface area contributed by atoms with Crippen molar-refractivity contribution in [2.45, 2.75) is 6.42 Å². The van der Waals surface area contributed by atoms with E-state index in [0.29, 0.717) is 5.15 Å². The van der Waals surface area contributed by atoms with Crippen molar-refractivity contribution in [3.8, 4) is 5.75 Å². The Hall–Kier alpha value is -2.33. The van der Waals surface area contributed by atoms with Crippen LogP contribution in [0.1, 0.15) is 5.56 Å². The molecule has 3 rings (SSSR count). The molecule has 1 aromatic heterocycles. The van der Waals surface area contributed by atoms with Gasteiger partial charge in [0.05, 0.1) is 7.11 Å². The molecule has 0 aliphatic heterocycles. The van der Waals surface area contributed by atoms with Gasteiger partial charge in [0.1, 0.15) is 23.0 Å². The monoisotopic (exact) mass is 313 g/mol. The predicted molar refractivity (Wildman–Crippen MR) is 89.7 cm³/mol. The van der Waals surface area contributed by atoms with Gasteiger partial charge in [-0.3, -0.25) is 0 Å². The van der Waals surface area contributed by atoms with E-state index in [2.05, 4.69) is 39.6 Å². The van der Waals surface area contributed by atoms with Gasteiger partial charge in [0.25, 0.3) is 0 Å². The minimum Gasteiger partial charge on any atom is -0.496 e. The zero-order valence-corrected chi connectivity index (χ0v) is 13.0. The molecule has 0 aliphatic rings. The fourth-order valence-corrected chi connectivity index (χ4v) is 2.55. The molecule has 0 radical (unpaired) electrons. The second-order valence-electron chi connectivity index (χ2n) is 4.91. The zero-order valence-electron chi connectivity index (χ0n) is 12.2. The van der Waals surface area contributed by atoms with Crippen LogP contribution in [0.3, 0.4) is 0 Å². The summed E-state index contributed by atoms with van der Waals surface area (Å²) in [6, 6.07) is 14.2. The first-order chi connectivity index (χ1) is 10.8. The highest BCUT2D eigenvalue weighted by Gasteiger charge is 2.06. The number of fused-ring (bicyclic) bond motifs is 1. The molecule has 22 heavy (non-hydrogen) atoms. The van der Waals surface area contributed by atoms with E-state index >= 15 is 0 Å². The molecule has 2 aromatic carbocycles. The summed E-state index contributed by atoms with van der Waals surface area (Å²) in [5.74, 6) is 1.63. The number of nitrogens with one attached hydrogen (secondary N) is 1. The normalized spacial score (nSPS) is 10.6. The van der Waals surface area contributed by atoms with Gasteiger partial charge in [-0.25, -0.2) is 9.97 Å². The Bertz CT molecular complexity index is 792. The second kappa shape index (κ2) is 6.62. The number of halogens is 1. The molecule has 0 saturated heterocycles. The minimum atomic E-state index is 0.431. The van der Waals surface area contributed by atoms with E-state index in [1.807, 2.05) is 12.1 Å². The molecule has 3 aromatic rings. The number of aromatic nitrogens is 2. The van der Waals surface area contributed by atoms with Gasteiger partial charge in [0, 0.05) is 12.6 Å². The molecule has 0 spiro atoms. The maximum absolute atomic E-state index is 5.84. The zero-order chi connectivity index (χ0) is 15.4. The van der Waals surface area contributed by atoms with Crippen molar-refractivity contribution < 1.29 is 4.74 Å². The van der Waals surface area contributed by atoms with Gasteiger partial charge < -0.3 is 10.1 Å². The first kappa shape index (κ1) is 14.6. The summed E-state index contributed by atoms with van der Waals surface area (Å²) in [5, 5.41) is 6.06. The maximum Gasteiger partial charge on any atom is 0.134 e. The van der Waals surface area contributed by atoms with E-state index in [1.165, 1.54) is 17.1 Å². The molecule has 112 valence electrons. The highest BCUT2D eigenvalue weighted by Crippen LogP contribution is 2.26. The summed E-state index contributed by atoms with van der Waals surface area (Å²) in [4.78, 5) is 7.99. The Morgan fingerprint density at radius 1 is 1.09 bits per heavy atom. The average Bonchev–Trinajstić information content (AvgIpc) is 2.54. The molecule has 0 amide bonds. The van der Waals surface area contributed by atoms with Crippen molar-refractivity contribution >= 4 is 28.2 Å². The van der Waals surface area contributed by atoms with Crippen LogP contribution in [-0.2, 0) is 6.42 Å². The molecule has 1 heterocycles. The number of benzene rings is 2. The van der Waals surface area contributed by atoms with Crippen molar-refractivity contribution in [1.82, 2.24) is 9.97 Å². The van der Waals surface area contributed by atoms with Gasteiger partial charge in [-0.15, -0.1) is 0 Å². The van der Waals surface area contributed by atoms with E-state index in [0.717, 1.165) is 30.1 Å². The largest absolute Gasteiger partial charge is 0.496 e. The van der Waals surface area contributed by atoms with Gasteiger partial charge in [0.15, 0.2) is 0 Å². The van der Waals surface area contributed by atoms with Crippen molar-refractivity contribution in [2.75, 3.05) is 19.0 Å². The Morgan fingerprint density at radius 2 is 1.86 bits per heavy atom. The lowest BCUT2D eigenvalue weighted by atomic mass is 10.0. The topological polar surface area (TPSA) is 47.0 Å². The number of rotatable bonds is 5. The number of hydrogen-bond donors (Lipinski definition) is 1. The lowest BCUT2D eigenvalue weighted by Gasteiger charge is -2.11. The van der Waals surface area contributed by atoms with Crippen LogP contribution < -0.4 is 10.1 Å². The highest BCUT2D eigenvalue weighted by molar-refractivity contribution is 6.29. The van der Waals surface area contributed by atoms with Crippen LogP contribution in [0.4, 0.5) is 5.82 Å². The molecule has 4 nitrogen and oxygen atoms in total. The quantitative estimate of drug-likeness (QED) is 0.725. The van der Waals surface area contributed by atoms with Crippen LogP contribution in [0.15, 0.2) is 48.8 Å². The van der Waals surface area contributed by atoms with Crippen LogP contribution in [0.25, 0.3) is 10.8 Å². The lowest BCUT2D eigenvalue weighted by Crippen LogP contribution is -2.07. The Balaban J connectivity index is 1.75. The third kappa shape index (κ3) is 3.28. The standard InChI is InChI=1S/C17H16ClN3O/c1-22-15-9-13-5-3-2-4-12(13)8-14(15)6-7-19-17-10-16(18)20-11-21-17/h2-5,8-11H,6-7H2,1H3,(H,19,20,21). The number of anilines is 1. The highest BCUT2D eigenvalue weighted by atomic mass is 35.5. The van der Waals surface area contributed by atoms with Crippen LogP contribution in [0.2, 0.25) is 5.15 Å². The van der Waals surface area contributed by atoms with Gasteiger partial charge >= 0.3 is 0 Å². The van der Waals surface area contributed by atoms with Gasteiger partial charge in [-0.05, 0) is 34.9 Å². The van der Waals surface area contributed by atoms with Gasteiger partial charge in [-0.2, -0.15) is 0 Å². The fraction of sp³-hybridized carbons (Fsp3) is 0.176. The SMILES string of the molecule is COc1cc2ccccc2cc1CCNc1cc(Cl)ncn1. The molecule has 5 heteroatoms. The maximum atomic E-state index is 5.84. The molecule has 0 bridgehead atoms. The van der Waals surface area contributed by atoms with Crippen molar-refractivity contribution in [3.05, 3.63) is 59.5 Å². The second-order valence-corrected chi connectivity index (χ2v) is 5.30. The molecule has 1 N–H and O–H groups in total. The molecular formula is C17H16ClN3O. The van der Waals surface area contributed by atoms with Crippen LogP contribution in [0, 0.1) is 0 Å². The summed E-state index contributed by atoms with van der Waals surface area (Å²) < 4.78 is 5.50. The number of ether oxygens (including phenoxy) is 1. The molecule has 0 atom stereocenters. The molecular weight excluding hydrogens is 298 g/mol. The van der Waals surface area contributed by atoms with Gasteiger partial charge in [0.2, 0.25) is 0 Å². The van der Waals surface area contributed by atoms with Crippen LogP contribution in [0.5, 0.6) is 5.75 Å². The Labute approximate surface area is 134 Å². The molecule has 0 unspecified atom stereocenters. The summed E-state index contributed by atoms with van der Waals surface area (Å²) in [6.45, 7) is 0.738. The molecule has 0 saturated carbocycles. The first-order valence-corrected chi connectivity index (χ1v) is 7.41. The summed E-state index contributed by atoms with van der Waals surface area (Å²) in [5.41, 5.74) is 1.16. The smallest absolute Gasteiger partial charge is 0.134 e. The number of methoxy groups -OCH3 is 1. The van der Waals surface area contributed by atoms with Gasteiger partial charge in [-0.1, -0.05) is 35.9 Å². The van der Waals surface area contributed by atoms with E-state index < -0.39 is 0 Å². The average molecular weight is 314 g/mol. The summed E-state index contributed by atoms with van der Waals surface area (Å²) in [7, 11) is 1.70. The van der Waals surface area contributed by atoms with E-state index in [9.17, 15) is 0 Å². The Kier molecular flexibility index (Phi) is 4.39. The number of nitrogens with zero attached hydrogens (tertiary/aromatic N) is 2. The van der Waals surface area contributed by atoms with E-state index in [-0.39, 0.29) is 0 Å². The van der Waals surface area contributed by atoms with Crippen molar-refractivity contribution in [3.63, 3.8) is 0 Å².